The minimum atomic E-state index is -0.442. The maximum atomic E-state index is 10.8. The Morgan fingerprint density at radius 2 is 2.06 bits per heavy atom. The average Bonchev–Trinajstić information content (AvgIpc) is 2.27. The molecule has 0 spiro atoms. The van der Waals surface area contributed by atoms with Gasteiger partial charge in [0, 0.05) is 30.9 Å². The van der Waals surface area contributed by atoms with Crippen molar-refractivity contribution in [2.45, 2.75) is 32.7 Å². The van der Waals surface area contributed by atoms with Gasteiger partial charge in [-0.15, -0.1) is 0 Å². The number of carbonyl (C=O) groups is 1. The number of piperidine rings is 1. The number of primary amides is 1. The molecule has 1 aromatic heterocycles. The van der Waals surface area contributed by atoms with Gasteiger partial charge in [-0.05, 0) is 26.7 Å². The van der Waals surface area contributed by atoms with E-state index in [1.54, 1.807) is 0 Å². The molecule has 3 N–H and O–H groups in total. The van der Waals surface area contributed by atoms with Crippen molar-refractivity contribution in [2.24, 2.45) is 5.73 Å². The Morgan fingerprint density at radius 1 is 1.39 bits per heavy atom. The highest BCUT2D eigenvalue weighted by molar-refractivity contribution is 5.72. The van der Waals surface area contributed by atoms with Gasteiger partial charge in [0.15, 0.2) is 0 Å². The summed E-state index contributed by atoms with van der Waals surface area (Å²) in [5, 5.41) is 2.76. The topological polar surface area (TPSA) is 84.1 Å². The summed E-state index contributed by atoms with van der Waals surface area (Å²) in [6, 6.07) is 1.74. The van der Waals surface area contributed by atoms with Gasteiger partial charge >= 0.3 is 6.03 Å². The molecule has 0 aromatic carbocycles. The monoisotopic (exact) mass is 249 g/mol. The number of hydrogen-bond acceptors (Lipinski definition) is 4. The van der Waals surface area contributed by atoms with Crippen LogP contribution < -0.4 is 16.0 Å². The largest absolute Gasteiger partial charge is 0.356 e. The third kappa shape index (κ3) is 3.09. The highest BCUT2D eigenvalue weighted by Gasteiger charge is 2.21. The van der Waals surface area contributed by atoms with E-state index in [2.05, 4.69) is 20.2 Å². The van der Waals surface area contributed by atoms with Gasteiger partial charge < -0.3 is 16.0 Å². The van der Waals surface area contributed by atoms with Crippen molar-refractivity contribution in [1.29, 1.82) is 0 Å². The zero-order chi connectivity index (χ0) is 13.1. The van der Waals surface area contributed by atoms with E-state index >= 15 is 0 Å². The third-order valence-electron chi connectivity index (χ3n) is 3.12. The van der Waals surface area contributed by atoms with Crippen molar-refractivity contribution in [2.75, 3.05) is 18.0 Å². The first kappa shape index (κ1) is 12.6. The molecular weight excluding hydrogens is 230 g/mol. The lowest BCUT2D eigenvalue weighted by Crippen LogP contribution is -2.46. The number of hydrogen-bond donors (Lipinski definition) is 2. The number of carbonyl (C=O) groups excluding carboxylic acids is 1. The van der Waals surface area contributed by atoms with Crippen LogP contribution in [0.3, 0.4) is 0 Å². The van der Waals surface area contributed by atoms with E-state index in [1.165, 1.54) is 0 Å². The van der Waals surface area contributed by atoms with Crippen molar-refractivity contribution in [1.82, 2.24) is 15.3 Å². The van der Waals surface area contributed by atoms with E-state index < -0.39 is 6.03 Å². The molecule has 6 nitrogen and oxygen atoms in total. The molecule has 0 atom stereocenters. The SMILES string of the molecule is Cc1cc(N2CCC(NC(N)=O)CC2)nc(C)n1. The maximum absolute atomic E-state index is 10.8. The summed E-state index contributed by atoms with van der Waals surface area (Å²) in [7, 11) is 0. The fourth-order valence-electron chi connectivity index (χ4n) is 2.31. The quantitative estimate of drug-likeness (QED) is 0.809. The normalized spacial score (nSPS) is 16.7. The van der Waals surface area contributed by atoms with Gasteiger partial charge in [-0.2, -0.15) is 0 Å². The first-order valence-corrected chi connectivity index (χ1v) is 6.18. The minimum Gasteiger partial charge on any atom is -0.356 e. The van der Waals surface area contributed by atoms with E-state index in [1.807, 2.05) is 19.9 Å². The van der Waals surface area contributed by atoms with Crippen LogP contribution >= 0.6 is 0 Å². The molecule has 2 rings (SSSR count). The molecule has 1 aromatic rings. The number of aryl methyl sites for hydroxylation is 2. The number of nitrogens with two attached hydrogens (primary N) is 1. The number of rotatable bonds is 2. The summed E-state index contributed by atoms with van der Waals surface area (Å²) in [4.78, 5) is 21.7. The fourth-order valence-corrected chi connectivity index (χ4v) is 2.31. The molecule has 2 amide bonds. The minimum absolute atomic E-state index is 0.183. The number of anilines is 1. The second-order valence-electron chi connectivity index (χ2n) is 4.68. The van der Waals surface area contributed by atoms with Crippen molar-refractivity contribution in [3.63, 3.8) is 0 Å². The molecule has 98 valence electrons. The molecule has 1 fully saturated rings. The third-order valence-corrected chi connectivity index (χ3v) is 3.12. The molecule has 0 aliphatic carbocycles. The highest BCUT2D eigenvalue weighted by Crippen LogP contribution is 2.18. The summed E-state index contributed by atoms with van der Waals surface area (Å²) >= 11 is 0. The molecule has 0 unspecified atom stereocenters. The van der Waals surface area contributed by atoms with Crippen molar-refractivity contribution < 1.29 is 4.79 Å². The van der Waals surface area contributed by atoms with Gasteiger partial charge in [0.25, 0.3) is 0 Å². The van der Waals surface area contributed by atoms with Gasteiger partial charge in [-0.1, -0.05) is 0 Å². The number of aromatic nitrogens is 2. The van der Waals surface area contributed by atoms with Crippen molar-refractivity contribution in [3.05, 3.63) is 17.6 Å². The predicted octanol–water partition coefficient (Wildman–Crippen LogP) is 0.731. The summed E-state index contributed by atoms with van der Waals surface area (Å²) in [6.45, 7) is 5.62. The fraction of sp³-hybridized carbons (Fsp3) is 0.583. The van der Waals surface area contributed by atoms with Gasteiger partial charge in [0.2, 0.25) is 0 Å². The molecule has 0 radical (unpaired) electrons. The lowest BCUT2D eigenvalue weighted by molar-refractivity contribution is 0.242. The van der Waals surface area contributed by atoms with Crippen LogP contribution in [0, 0.1) is 13.8 Å². The van der Waals surface area contributed by atoms with Crippen LogP contribution in [0.1, 0.15) is 24.4 Å². The molecule has 2 heterocycles. The van der Waals surface area contributed by atoms with Gasteiger partial charge in [0.1, 0.15) is 11.6 Å². The van der Waals surface area contributed by atoms with Crippen LogP contribution in [0.15, 0.2) is 6.07 Å². The van der Waals surface area contributed by atoms with E-state index in [4.69, 9.17) is 5.73 Å². The standard InChI is InChI=1S/C12H19N5O/c1-8-7-11(15-9(2)14-8)17-5-3-10(4-6-17)16-12(13)18/h7,10H,3-6H2,1-2H3,(H3,13,16,18). The first-order valence-electron chi connectivity index (χ1n) is 6.18. The second-order valence-corrected chi connectivity index (χ2v) is 4.68. The Balaban J connectivity index is 1.98. The Hall–Kier alpha value is -1.85. The van der Waals surface area contributed by atoms with Crippen LogP contribution in [0.2, 0.25) is 0 Å². The van der Waals surface area contributed by atoms with Crippen LogP contribution in [0.5, 0.6) is 0 Å². The summed E-state index contributed by atoms with van der Waals surface area (Å²) < 4.78 is 0. The Labute approximate surface area is 107 Å². The Morgan fingerprint density at radius 3 is 2.61 bits per heavy atom. The Kier molecular flexibility index (Phi) is 3.64. The molecule has 1 aliphatic heterocycles. The molecule has 1 saturated heterocycles. The number of urea groups is 1. The van der Waals surface area contributed by atoms with Crippen molar-refractivity contribution in [3.8, 4) is 0 Å². The maximum Gasteiger partial charge on any atom is 0.312 e. The molecule has 0 saturated carbocycles. The zero-order valence-corrected chi connectivity index (χ0v) is 10.8. The van der Waals surface area contributed by atoms with Crippen LogP contribution in [-0.4, -0.2) is 35.1 Å². The van der Waals surface area contributed by atoms with Gasteiger partial charge in [-0.3, -0.25) is 0 Å². The lowest BCUT2D eigenvalue weighted by Gasteiger charge is -2.33. The smallest absolute Gasteiger partial charge is 0.312 e. The van der Waals surface area contributed by atoms with E-state index in [-0.39, 0.29) is 6.04 Å². The summed E-state index contributed by atoms with van der Waals surface area (Å²) in [5.41, 5.74) is 6.11. The van der Waals surface area contributed by atoms with Crippen LogP contribution in [0.4, 0.5) is 10.6 Å². The van der Waals surface area contributed by atoms with Crippen LogP contribution in [0.25, 0.3) is 0 Å². The first-order chi connectivity index (χ1) is 8.54. The predicted molar refractivity (Wildman–Crippen MR) is 69.5 cm³/mol. The molecule has 1 aliphatic rings. The van der Waals surface area contributed by atoms with E-state index in [0.29, 0.717) is 0 Å². The van der Waals surface area contributed by atoms with Gasteiger partial charge in [-0.25, -0.2) is 14.8 Å². The van der Waals surface area contributed by atoms with Crippen LogP contribution in [-0.2, 0) is 0 Å². The average molecular weight is 249 g/mol. The molecule has 18 heavy (non-hydrogen) atoms. The van der Waals surface area contributed by atoms with Gasteiger partial charge in [0.05, 0.1) is 0 Å². The molecular formula is C12H19N5O. The zero-order valence-electron chi connectivity index (χ0n) is 10.8. The van der Waals surface area contributed by atoms with E-state index in [9.17, 15) is 4.79 Å². The second kappa shape index (κ2) is 5.20. The number of amides is 2. The lowest BCUT2D eigenvalue weighted by atomic mass is 10.1. The number of nitrogens with zero attached hydrogens (tertiary/aromatic N) is 3. The summed E-state index contributed by atoms with van der Waals surface area (Å²) in [6.07, 6.45) is 1.79. The van der Waals surface area contributed by atoms with Crippen molar-refractivity contribution >= 4 is 11.8 Å². The summed E-state index contributed by atoms with van der Waals surface area (Å²) in [5.74, 6) is 1.76. The highest BCUT2D eigenvalue weighted by atomic mass is 16.2. The molecule has 0 bridgehead atoms. The molecule has 6 heteroatoms. The Bertz CT molecular complexity index is 420. The van der Waals surface area contributed by atoms with E-state index in [0.717, 1.165) is 43.3 Å². The number of nitrogens with one attached hydrogen (secondary N) is 1.